The molecule has 1 aromatic heterocycles. The topological polar surface area (TPSA) is 47.4 Å². The summed E-state index contributed by atoms with van der Waals surface area (Å²) in [5, 5.41) is 4.73. The largest absolute Gasteiger partial charge is 0.489 e. The number of hydrogen-bond donors (Lipinski definition) is 0. The molecule has 0 spiro atoms. The summed E-state index contributed by atoms with van der Waals surface area (Å²) in [6, 6.07) is 9.35. The Bertz CT molecular complexity index is 760. The number of benzene rings is 1. The predicted molar refractivity (Wildman–Crippen MR) is 91.2 cm³/mol. The molecule has 1 aromatic carbocycles. The summed E-state index contributed by atoms with van der Waals surface area (Å²) in [5.74, 6) is 1.68. The highest BCUT2D eigenvalue weighted by Crippen LogP contribution is 2.41. The quantitative estimate of drug-likeness (QED) is 0.859. The first-order valence-corrected chi connectivity index (χ1v) is 8.69. The van der Waals surface area contributed by atoms with Crippen LogP contribution in [0, 0.1) is 11.8 Å². The zero-order valence-electron chi connectivity index (χ0n) is 13.6. The smallest absolute Gasteiger partial charge is 0.272 e. The van der Waals surface area contributed by atoms with E-state index in [1.807, 2.05) is 29.2 Å². The molecule has 0 unspecified atom stereocenters. The molecular formula is C18H20ClN3O2. The molecule has 1 aliphatic heterocycles. The number of aromatic nitrogens is 2. The maximum absolute atomic E-state index is 12.7. The van der Waals surface area contributed by atoms with Crippen LogP contribution in [0.4, 0.5) is 0 Å². The molecule has 126 valence electrons. The van der Waals surface area contributed by atoms with Crippen LogP contribution in [0.2, 0.25) is 5.02 Å². The zero-order chi connectivity index (χ0) is 16.7. The number of fused-ring (bicyclic) bond motifs is 1. The Hall–Kier alpha value is -2.01. The molecule has 1 saturated carbocycles. The van der Waals surface area contributed by atoms with Gasteiger partial charge in [-0.2, -0.15) is 5.10 Å². The van der Waals surface area contributed by atoms with Crippen LogP contribution in [0.1, 0.15) is 23.3 Å². The normalized spacial score (nSPS) is 25.8. The molecule has 0 bridgehead atoms. The van der Waals surface area contributed by atoms with Crippen molar-refractivity contribution in [2.24, 2.45) is 18.9 Å². The number of likely N-dealkylation sites (tertiary alicyclic amines) is 1. The summed E-state index contributed by atoms with van der Waals surface area (Å²) in [5.41, 5.74) is 0.638. The number of hydrogen-bond acceptors (Lipinski definition) is 3. The molecule has 1 aliphatic carbocycles. The second kappa shape index (κ2) is 6.13. The van der Waals surface area contributed by atoms with Crippen LogP contribution in [-0.4, -0.2) is 39.8 Å². The predicted octanol–water partition coefficient (Wildman–Crippen LogP) is 3.00. The van der Waals surface area contributed by atoms with Gasteiger partial charge >= 0.3 is 0 Å². The molecule has 5 nitrogen and oxygen atoms in total. The molecular weight excluding hydrogens is 326 g/mol. The van der Waals surface area contributed by atoms with E-state index in [-0.39, 0.29) is 12.0 Å². The van der Waals surface area contributed by atoms with Crippen LogP contribution in [0.15, 0.2) is 36.5 Å². The van der Waals surface area contributed by atoms with Crippen molar-refractivity contribution in [1.82, 2.24) is 14.7 Å². The fourth-order valence-electron chi connectivity index (χ4n) is 3.98. The first-order valence-electron chi connectivity index (χ1n) is 8.32. The van der Waals surface area contributed by atoms with Crippen LogP contribution >= 0.6 is 11.6 Å². The van der Waals surface area contributed by atoms with Gasteiger partial charge in [-0.05, 0) is 37.0 Å². The van der Waals surface area contributed by atoms with Crippen molar-refractivity contribution in [3.63, 3.8) is 0 Å². The van der Waals surface area contributed by atoms with Crippen molar-refractivity contribution < 1.29 is 9.53 Å². The van der Waals surface area contributed by atoms with E-state index in [0.717, 1.165) is 31.7 Å². The van der Waals surface area contributed by atoms with E-state index in [4.69, 9.17) is 16.3 Å². The zero-order valence-corrected chi connectivity index (χ0v) is 14.3. The van der Waals surface area contributed by atoms with Crippen LogP contribution in [0.25, 0.3) is 0 Å². The second-order valence-corrected chi connectivity index (χ2v) is 7.05. The van der Waals surface area contributed by atoms with Crippen molar-refractivity contribution in [3.8, 4) is 5.75 Å². The van der Waals surface area contributed by atoms with E-state index in [2.05, 4.69) is 5.10 Å². The van der Waals surface area contributed by atoms with Gasteiger partial charge in [0.15, 0.2) is 0 Å². The number of rotatable bonds is 3. The van der Waals surface area contributed by atoms with Gasteiger partial charge in [-0.15, -0.1) is 0 Å². The average molecular weight is 346 g/mol. The second-order valence-electron chi connectivity index (χ2n) is 6.64. The highest BCUT2D eigenvalue weighted by Gasteiger charge is 2.45. The van der Waals surface area contributed by atoms with Crippen LogP contribution < -0.4 is 4.74 Å². The minimum Gasteiger partial charge on any atom is -0.489 e. The molecule has 1 saturated heterocycles. The number of ether oxygens (including phenoxy) is 1. The minimum absolute atomic E-state index is 0.0564. The molecule has 2 aliphatic rings. The van der Waals surface area contributed by atoms with Crippen molar-refractivity contribution >= 4 is 17.5 Å². The Morgan fingerprint density at radius 1 is 1.25 bits per heavy atom. The van der Waals surface area contributed by atoms with Gasteiger partial charge in [-0.25, -0.2) is 0 Å². The summed E-state index contributed by atoms with van der Waals surface area (Å²) in [6.45, 7) is 1.54. The standard InChI is InChI=1S/C18H20ClN3O2/c1-21-15(8-9-20-21)18(23)22-10-12-6-7-16(13(12)11-22)24-17-5-3-2-4-14(17)19/h2-5,8-9,12-13,16H,6-7,10-11H2,1H3/t12-,13+,16-/m0/s1. The fraction of sp³-hybridized carbons (Fsp3) is 0.444. The van der Waals surface area contributed by atoms with Crippen LogP contribution in [0.5, 0.6) is 5.75 Å². The lowest BCUT2D eigenvalue weighted by Crippen LogP contribution is -2.33. The highest BCUT2D eigenvalue weighted by atomic mass is 35.5. The molecule has 2 aromatic rings. The Morgan fingerprint density at radius 2 is 2.08 bits per heavy atom. The summed E-state index contributed by atoms with van der Waals surface area (Å²) in [4.78, 5) is 14.6. The van der Waals surface area contributed by atoms with E-state index in [1.165, 1.54) is 0 Å². The molecule has 3 atom stereocenters. The third-order valence-electron chi connectivity index (χ3n) is 5.23. The van der Waals surface area contributed by atoms with Gasteiger partial charge < -0.3 is 9.64 Å². The third kappa shape index (κ3) is 2.67. The van der Waals surface area contributed by atoms with Crippen LogP contribution in [0.3, 0.4) is 0 Å². The maximum Gasteiger partial charge on any atom is 0.272 e. The maximum atomic E-state index is 12.7. The fourth-order valence-corrected chi connectivity index (χ4v) is 4.16. The van der Waals surface area contributed by atoms with Crippen molar-refractivity contribution in [3.05, 3.63) is 47.2 Å². The van der Waals surface area contributed by atoms with E-state index >= 15 is 0 Å². The van der Waals surface area contributed by atoms with E-state index in [0.29, 0.717) is 22.6 Å². The van der Waals surface area contributed by atoms with Gasteiger partial charge in [0.25, 0.3) is 5.91 Å². The van der Waals surface area contributed by atoms with E-state index in [1.54, 1.807) is 24.0 Å². The summed E-state index contributed by atoms with van der Waals surface area (Å²) in [7, 11) is 1.80. The number of amides is 1. The van der Waals surface area contributed by atoms with Crippen molar-refractivity contribution in [2.45, 2.75) is 18.9 Å². The van der Waals surface area contributed by atoms with Crippen molar-refractivity contribution in [1.29, 1.82) is 0 Å². The molecule has 1 amide bonds. The van der Waals surface area contributed by atoms with Crippen molar-refractivity contribution in [2.75, 3.05) is 13.1 Å². The Labute approximate surface area is 146 Å². The molecule has 4 rings (SSSR count). The van der Waals surface area contributed by atoms with Crippen LogP contribution in [-0.2, 0) is 7.05 Å². The Balaban J connectivity index is 1.46. The van der Waals surface area contributed by atoms with E-state index < -0.39 is 0 Å². The summed E-state index contributed by atoms with van der Waals surface area (Å²) < 4.78 is 7.81. The molecule has 24 heavy (non-hydrogen) atoms. The molecule has 0 N–H and O–H groups in total. The van der Waals surface area contributed by atoms with Gasteiger partial charge in [0.05, 0.1) is 5.02 Å². The number of carbonyl (C=O) groups is 1. The number of carbonyl (C=O) groups excluding carboxylic acids is 1. The summed E-state index contributed by atoms with van der Waals surface area (Å²) >= 11 is 6.21. The Morgan fingerprint density at radius 3 is 2.83 bits per heavy atom. The number of halogens is 1. The third-order valence-corrected chi connectivity index (χ3v) is 5.55. The molecule has 2 fully saturated rings. The number of para-hydroxylation sites is 1. The summed E-state index contributed by atoms with van der Waals surface area (Å²) in [6.07, 6.45) is 3.90. The lowest BCUT2D eigenvalue weighted by atomic mass is 9.99. The van der Waals surface area contributed by atoms with Gasteiger partial charge in [0.2, 0.25) is 0 Å². The van der Waals surface area contributed by atoms with Gasteiger partial charge in [0, 0.05) is 32.3 Å². The van der Waals surface area contributed by atoms with Gasteiger partial charge in [-0.3, -0.25) is 9.48 Å². The lowest BCUT2D eigenvalue weighted by Gasteiger charge is -2.22. The molecule has 6 heteroatoms. The monoisotopic (exact) mass is 345 g/mol. The molecule has 0 radical (unpaired) electrons. The number of aryl methyl sites for hydroxylation is 1. The van der Waals surface area contributed by atoms with Gasteiger partial charge in [-0.1, -0.05) is 23.7 Å². The molecule has 2 heterocycles. The highest BCUT2D eigenvalue weighted by molar-refractivity contribution is 6.32. The lowest BCUT2D eigenvalue weighted by molar-refractivity contribution is 0.0751. The van der Waals surface area contributed by atoms with Gasteiger partial charge in [0.1, 0.15) is 17.5 Å². The first kappa shape index (κ1) is 15.5. The first-order chi connectivity index (χ1) is 11.6. The Kier molecular flexibility index (Phi) is 3.96. The minimum atomic E-state index is 0.0564. The average Bonchev–Trinajstić information content (AvgIpc) is 3.26. The number of nitrogens with zero attached hydrogens (tertiary/aromatic N) is 3. The SMILES string of the molecule is Cn1nccc1C(=O)N1C[C@@H]2CC[C@H](Oc3ccccc3Cl)[C@@H]2C1. The van der Waals surface area contributed by atoms with E-state index in [9.17, 15) is 4.79 Å².